The van der Waals surface area contributed by atoms with Crippen molar-refractivity contribution in [2.24, 2.45) is 0 Å². The minimum atomic E-state index is 0. The van der Waals surface area contributed by atoms with Crippen LogP contribution < -0.4 is 10.1 Å². The Morgan fingerprint density at radius 1 is 1.27 bits per heavy atom. The maximum absolute atomic E-state index is 5.76. The number of aryl methyl sites for hydroxylation is 1. The lowest BCUT2D eigenvalue weighted by Gasteiger charge is -2.08. The Kier molecular flexibility index (Phi) is 2.80. The van der Waals surface area contributed by atoms with Crippen LogP contribution in [0.5, 0.6) is 5.88 Å². The van der Waals surface area contributed by atoms with E-state index >= 15 is 0 Å². The van der Waals surface area contributed by atoms with Crippen molar-refractivity contribution in [2.45, 2.75) is 39.0 Å². The summed E-state index contributed by atoms with van der Waals surface area (Å²) in [7, 11) is 0. The van der Waals surface area contributed by atoms with Crippen LogP contribution in [0.1, 0.15) is 29.9 Å². The number of hydrogen-bond acceptors (Lipinski definition) is 4. The monoisotopic (exact) mass is 227 g/mol. The highest BCUT2D eigenvalue weighted by molar-refractivity contribution is 5.85. The lowest BCUT2D eigenvalue weighted by Crippen LogP contribution is -2.05. The van der Waals surface area contributed by atoms with Crippen molar-refractivity contribution in [3.8, 4) is 5.88 Å². The highest BCUT2D eigenvalue weighted by Gasteiger charge is 2.27. The van der Waals surface area contributed by atoms with Gasteiger partial charge in [0.25, 0.3) is 0 Å². The van der Waals surface area contributed by atoms with E-state index in [-0.39, 0.29) is 12.4 Å². The molecule has 1 aliphatic carbocycles. The minimum absolute atomic E-state index is 0. The molecule has 4 nitrogen and oxygen atoms in total. The van der Waals surface area contributed by atoms with E-state index in [1.165, 1.54) is 12.8 Å². The normalized spacial score (nSPS) is 18.2. The smallest absolute Gasteiger partial charge is 0.221 e. The molecule has 0 aromatic carbocycles. The molecule has 0 atom stereocenters. The third-order valence-corrected chi connectivity index (χ3v) is 2.56. The van der Waals surface area contributed by atoms with Crippen LogP contribution in [-0.4, -0.2) is 16.1 Å². The van der Waals surface area contributed by atoms with Crippen molar-refractivity contribution in [1.82, 2.24) is 15.3 Å². The molecule has 15 heavy (non-hydrogen) atoms. The molecule has 1 N–H and O–H groups in total. The van der Waals surface area contributed by atoms with Crippen molar-refractivity contribution in [3.63, 3.8) is 0 Å². The summed E-state index contributed by atoms with van der Waals surface area (Å²) in [6, 6.07) is 0. The number of nitrogens with zero attached hydrogens (tertiary/aromatic N) is 2. The van der Waals surface area contributed by atoms with E-state index in [0.717, 1.165) is 36.1 Å². The van der Waals surface area contributed by atoms with Gasteiger partial charge in [-0.2, -0.15) is 4.98 Å². The van der Waals surface area contributed by atoms with E-state index in [1.807, 2.05) is 6.92 Å². The Labute approximate surface area is 94.9 Å². The van der Waals surface area contributed by atoms with Crippen LogP contribution >= 0.6 is 12.4 Å². The highest BCUT2D eigenvalue weighted by Crippen LogP contribution is 2.30. The number of ether oxygens (including phenoxy) is 1. The lowest BCUT2D eigenvalue weighted by molar-refractivity contribution is 0.286. The molecule has 0 amide bonds. The predicted octanol–water partition coefficient (Wildman–Crippen LogP) is 1.35. The van der Waals surface area contributed by atoms with Crippen molar-refractivity contribution in [3.05, 3.63) is 17.1 Å². The summed E-state index contributed by atoms with van der Waals surface area (Å²) in [5.41, 5.74) is 2.26. The van der Waals surface area contributed by atoms with Gasteiger partial charge in [0.2, 0.25) is 5.88 Å². The molecule has 1 aromatic heterocycles. The maximum atomic E-state index is 5.76. The molecule has 2 aliphatic rings. The predicted molar refractivity (Wildman–Crippen MR) is 58.2 cm³/mol. The molecule has 0 spiro atoms. The summed E-state index contributed by atoms with van der Waals surface area (Å²) in [6.45, 7) is 3.61. The fourth-order valence-corrected chi connectivity index (χ4v) is 1.70. The average molecular weight is 228 g/mol. The first-order valence-corrected chi connectivity index (χ1v) is 5.06. The minimum Gasteiger partial charge on any atom is -0.474 e. The van der Waals surface area contributed by atoms with Gasteiger partial charge in [-0.15, -0.1) is 12.4 Å². The number of aromatic nitrogens is 2. The summed E-state index contributed by atoms with van der Waals surface area (Å²) in [5.74, 6) is 1.61. The molecule has 1 aliphatic heterocycles. The van der Waals surface area contributed by atoms with Crippen LogP contribution in [0, 0.1) is 6.92 Å². The van der Waals surface area contributed by atoms with Crippen molar-refractivity contribution in [1.29, 1.82) is 0 Å². The Balaban J connectivity index is 0.000000853. The number of halogens is 1. The molecule has 5 heteroatoms. The molecule has 0 radical (unpaired) electrons. The third kappa shape index (κ3) is 2.06. The topological polar surface area (TPSA) is 47.0 Å². The molecule has 0 unspecified atom stereocenters. The van der Waals surface area contributed by atoms with E-state index in [2.05, 4.69) is 15.3 Å². The average Bonchev–Trinajstić information content (AvgIpc) is 2.81. The van der Waals surface area contributed by atoms with Gasteiger partial charge in [0.1, 0.15) is 11.9 Å². The second-order valence-corrected chi connectivity index (χ2v) is 3.92. The quantitative estimate of drug-likeness (QED) is 0.829. The van der Waals surface area contributed by atoms with Gasteiger partial charge < -0.3 is 10.1 Å². The first-order chi connectivity index (χ1) is 6.83. The summed E-state index contributed by atoms with van der Waals surface area (Å²) >= 11 is 0. The molecule has 2 heterocycles. The van der Waals surface area contributed by atoms with Crippen LogP contribution in [0.25, 0.3) is 0 Å². The third-order valence-electron chi connectivity index (χ3n) is 2.56. The lowest BCUT2D eigenvalue weighted by atomic mass is 10.2. The highest BCUT2D eigenvalue weighted by atomic mass is 35.5. The van der Waals surface area contributed by atoms with E-state index in [4.69, 9.17) is 4.74 Å². The van der Waals surface area contributed by atoms with Crippen LogP contribution in [-0.2, 0) is 13.1 Å². The largest absolute Gasteiger partial charge is 0.474 e. The molecule has 0 saturated heterocycles. The molecule has 3 rings (SSSR count). The van der Waals surface area contributed by atoms with Crippen molar-refractivity contribution in [2.75, 3.05) is 0 Å². The van der Waals surface area contributed by atoms with E-state index in [0.29, 0.717) is 6.10 Å². The van der Waals surface area contributed by atoms with Crippen molar-refractivity contribution >= 4 is 12.4 Å². The van der Waals surface area contributed by atoms with Gasteiger partial charge in [-0.05, 0) is 19.8 Å². The van der Waals surface area contributed by atoms with E-state index in [1.54, 1.807) is 0 Å². The van der Waals surface area contributed by atoms with Crippen LogP contribution in [0.2, 0.25) is 0 Å². The second kappa shape index (κ2) is 3.94. The zero-order valence-electron chi connectivity index (χ0n) is 8.62. The molecule has 1 fully saturated rings. The van der Waals surface area contributed by atoms with Gasteiger partial charge in [-0.25, -0.2) is 4.98 Å². The zero-order chi connectivity index (χ0) is 9.54. The first kappa shape index (κ1) is 10.6. The number of hydrogen-bond donors (Lipinski definition) is 1. The molecular formula is C10H14ClN3O. The van der Waals surface area contributed by atoms with Gasteiger partial charge in [-0.1, -0.05) is 0 Å². The summed E-state index contributed by atoms with van der Waals surface area (Å²) in [5, 5.41) is 3.27. The second-order valence-electron chi connectivity index (χ2n) is 3.92. The Hall–Kier alpha value is -0.870. The molecule has 1 saturated carbocycles. The summed E-state index contributed by atoms with van der Waals surface area (Å²) in [6.07, 6.45) is 2.75. The van der Waals surface area contributed by atoms with Gasteiger partial charge in [-0.3, -0.25) is 0 Å². The number of rotatable bonds is 2. The van der Waals surface area contributed by atoms with Crippen LogP contribution in [0.15, 0.2) is 0 Å². The standard InChI is InChI=1S/C10H13N3O.ClH/c1-6-12-9-5-11-4-8(9)10(13-6)14-7-2-3-7;/h7,11H,2-5H2,1H3;1H. The van der Waals surface area contributed by atoms with E-state index in [9.17, 15) is 0 Å². The Bertz CT molecular complexity index is 379. The Morgan fingerprint density at radius 3 is 2.80 bits per heavy atom. The van der Waals surface area contributed by atoms with Gasteiger partial charge in [0.05, 0.1) is 11.3 Å². The fraction of sp³-hybridized carbons (Fsp3) is 0.600. The first-order valence-electron chi connectivity index (χ1n) is 5.06. The Morgan fingerprint density at radius 2 is 2.07 bits per heavy atom. The van der Waals surface area contributed by atoms with Gasteiger partial charge >= 0.3 is 0 Å². The fourth-order valence-electron chi connectivity index (χ4n) is 1.70. The SMILES string of the molecule is Cc1nc2c(c(OC3CC3)n1)CNC2.Cl. The number of fused-ring (bicyclic) bond motifs is 1. The van der Waals surface area contributed by atoms with Gasteiger partial charge in [0.15, 0.2) is 0 Å². The zero-order valence-corrected chi connectivity index (χ0v) is 9.43. The van der Waals surface area contributed by atoms with E-state index < -0.39 is 0 Å². The summed E-state index contributed by atoms with van der Waals surface area (Å²) in [4.78, 5) is 8.74. The van der Waals surface area contributed by atoms with Gasteiger partial charge in [0, 0.05) is 13.1 Å². The molecule has 82 valence electrons. The molecule has 1 aromatic rings. The maximum Gasteiger partial charge on any atom is 0.221 e. The summed E-state index contributed by atoms with van der Waals surface area (Å²) < 4.78 is 5.76. The molecule has 0 bridgehead atoms. The number of nitrogens with one attached hydrogen (secondary N) is 1. The van der Waals surface area contributed by atoms with Crippen LogP contribution in [0.4, 0.5) is 0 Å². The van der Waals surface area contributed by atoms with Crippen LogP contribution in [0.3, 0.4) is 0 Å². The molecular weight excluding hydrogens is 214 g/mol. The van der Waals surface area contributed by atoms with Crippen molar-refractivity contribution < 1.29 is 4.74 Å².